The first-order valence-electron chi connectivity index (χ1n) is 12.9. The first-order chi connectivity index (χ1) is 17.9. The number of carboxylic acid groups (broad SMARTS) is 1. The average molecular weight is 609 g/mol. The van der Waals surface area contributed by atoms with Gasteiger partial charge in [-0.25, -0.2) is 27.2 Å². The molecule has 0 radical (unpaired) electrons. The van der Waals surface area contributed by atoms with E-state index in [0.29, 0.717) is 11.1 Å². The number of carbonyl (C=O) groups is 2. The Morgan fingerprint density at radius 2 is 1.23 bits per heavy atom. The van der Waals surface area contributed by atoms with Gasteiger partial charge in [-0.2, -0.15) is 0 Å². The zero-order valence-corrected chi connectivity index (χ0v) is 28.4. The topological polar surface area (TPSA) is 86.7 Å². The summed E-state index contributed by atoms with van der Waals surface area (Å²) >= 11 is 0. The van der Waals surface area contributed by atoms with E-state index in [4.69, 9.17) is 9.84 Å². The fourth-order valence-electron chi connectivity index (χ4n) is 4.09. The minimum absolute atomic E-state index is 0. The summed E-state index contributed by atoms with van der Waals surface area (Å²) in [6.45, 7) is 11.1. The molecule has 0 heterocycles. The van der Waals surface area contributed by atoms with Gasteiger partial charge in [0, 0.05) is 11.1 Å². The number of hydrogen-bond donors (Lipinski definition) is 1. The normalized spacial score (nSPS) is 16.0. The largest absolute Gasteiger partial charge is 1.00 e. The number of esters is 1. The summed E-state index contributed by atoms with van der Waals surface area (Å²) in [6.07, 6.45) is -1.84. The summed E-state index contributed by atoms with van der Waals surface area (Å²) in [5, 5.41) is 9.05. The number of halogens is 4. The van der Waals surface area contributed by atoms with Crippen LogP contribution in [0.25, 0.3) is 0 Å². The maximum Gasteiger partial charge on any atom is 1.00 e. The fourth-order valence-corrected chi connectivity index (χ4v) is 4.09. The Kier molecular flexibility index (Phi) is 13.7. The molecular weight excluding hydrogens is 571 g/mol. The quantitative estimate of drug-likeness (QED) is 0.286. The third-order valence-electron chi connectivity index (χ3n) is 6.66. The summed E-state index contributed by atoms with van der Waals surface area (Å²) < 4.78 is 56.4. The van der Waals surface area contributed by atoms with E-state index in [1.54, 1.807) is 44.8 Å². The number of alkyl halides is 4. The van der Waals surface area contributed by atoms with Gasteiger partial charge in [0.1, 0.15) is 0 Å². The second kappa shape index (κ2) is 14.9. The standard InChI is InChI=1S/C14H16F2O2.C12H12F2O2.C3H9OSi.K/c1-3-18-13(17)11-9(12(15)16)5-4-6-10(11)14(2)7-8-14;1-12(5-6-12)8-4-2-3-7(10(13)14)9(8)11(15)16;1-5(2,3)4;/h4-6,12H,3,7-8H2,1-2H3;2-4,10H,5-6H2,1H3,(H,15,16);1-3H3;/q;;-1;+1. The van der Waals surface area contributed by atoms with Crippen LogP contribution in [0.5, 0.6) is 0 Å². The predicted octanol–water partition coefficient (Wildman–Crippen LogP) is 4.41. The van der Waals surface area contributed by atoms with Gasteiger partial charge in [-0.05, 0) is 54.6 Å². The van der Waals surface area contributed by atoms with E-state index in [9.17, 15) is 31.9 Å². The number of hydrogen-bond acceptors (Lipinski definition) is 4. The molecule has 40 heavy (non-hydrogen) atoms. The van der Waals surface area contributed by atoms with Crippen LogP contribution in [0.4, 0.5) is 17.6 Å². The third kappa shape index (κ3) is 10.3. The van der Waals surface area contributed by atoms with Gasteiger partial charge in [0.15, 0.2) is 0 Å². The first kappa shape index (κ1) is 36.9. The van der Waals surface area contributed by atoms with Crippen LogP contribution in [-0.2, 0) is 15.6 Å². The molecule has 2 aliphatic carbocycles. The summed E-state index contributed by atoms with van der Waals surface area (Å²) in [5.41, 5.74) is 0.117. The molecule has 2 aliphatic rings. The molecular formula is C29H37F4KO5Si. The van der Waals surface area contributed by atoms with Crippen LogP contribution >= 0.6 is 0 Å². The smallest absolute Gasteiger partial charge is 0.859 e. The van der Waals surface area contributed by atoms with E-state index in [-0.39, 0.29) is 91.1 Å². The van der Waals surface area contributed by atoms with Gasteiger partial charge in [-0.3, -0.25) is 0 Å². The number of ether oxygens (including phenoxy) is 1. The zero-order valence-electron chi connectivity index (χ0n) is 24.2. The van der Waals surface area contributed by atoms with E-state index in [1.807, 2.05) is 13.8 Å². The zero-order chi connectivity index (χ0) is 29.8. The van der Waals surface area contributed by atoms with Gasteiger partial charge in [0.25, 0.3) is 12.9 Å². The van der Waals surface area contributed by atoms with Crippen LogP contribution in [0.15, 0.2) is 36.4 Å². The number of carboxylic acids is 1. The number of rotatable bonds is 7. The predicted molar refractivity (Wildman–Crippen MR) is 142 cm³/mol. The molecule has 0 amide bonds. The van der Waals surface area contributed by atoms with Gasteiger partial charge >= 0.3 is 63.3 Å². The van der Waals surface area contributed by atoms with Crippen LogP contribution in [0.3, 0.4) is 0 Å². The molecule has 2 aromatic carbocycles. The van der Waals surface area contributed by atoms with Crippen LogP contribution in [0.2, 0.25) is 19.6 Å². The van der Waals surface area contributed by atoms with Crippen LogP contribution in [0, 0.1) is 0 Å². The monoisotopic (exact) mass is 608 g/mol. The molecule has 2 fully saturated rings. The van der Waals surface area contributed by atoms with Crippen molar-refractivity contribution in [2.24, 2.45) is 0 Å². The van der Waals surface area contributed by atoms with Crippen molar-refractivity contribution in [3.05, 3.63) is 69.8 Å². The van der Waals surface area contributed by atoms with E-state index < -0.39 is 33.1 Å². The molecule has 11 heteroatoms. The molecule has 0 atom stereocenters. The van der Waals surface area contributed by atoms with Gasteiger partial charge in [0.05, 0.1) is 17.7 Å². The second-order valence-corrected chi connectivity index (χ2v) is 15.6. The van der Waals surface area contributed by atoms with Crippen LogP contribution in [-0.4, -0.2) is 32.0 Å². The molecule has 0 bridgehead atoms. The van der Waals surface area contributed by atoms with E-state index in [0.717, 1.165) is 25.7 Å². The maximum absolute atomic E-state index is 13.0. The van der Waals surface area contributed by atoms with Crippen molar-refractivity contribution in [2.45, 2.75) is 89.8 Å². The SMILES string of the molecule is CC1(c2cccc(C(F)F)c2C(=O)O)CC1.CCOC(=O)c1c(C(F)F)cccc1C1(C)CC1.C[Si](C)(C)[O-].[K+]. The Balaban J connectivity index is 0.000000337. The minimum atomic E-state index is -2.74. The molecule has 0 aliphatic heterocycles. The van der Waals surface area contributed by atoms with Crippen molar-refractivity contribution < 1.29 is 93.2 Å². The maximum atomic E-state index is 13.0. The van der Waals surface area contributed by atoms with Gasteiger partial charge in [-0.15, -0.1) is 0 Å². The Morgan fingerprint density at radius 3 is 1.52 bits per heavy atom. The number of carbonyl (C=O) groups excluding carboxylic acids is 1. The molecule has 5 nitrogen and oxygen atoms in total. The molecule has 4 rings (SSSR count). The van der Waals surface area contributed by atoms with Crippen molar-refractivity contribution in [1.29, 1.82) is 0 Å². The Labute approximate surface area is 277 Å². The Morgan fingerprint density at radius 1 is 0.875 bits per heavy atom. The van der Waals surface area contributed by atoms with Gasteiger partial charge in [0.2, 0.25) is 0 Å². The molecule has 0 unspecified atom stereocenters. The molecule has 0 spiro atoms. The summed E-state index contributed by atoms with van der Waals surface area (Å²) in [6, 6.07) is 8.97. The molecule has 0 aromatic heterocycles. The van der Waals surface area contributed by atoms with Crippen LogP contribution in [0.1, 0.15) is 102 Å². The van der Waals surface area contributed by atoms with E-state index in [1.165, 1.54) is 18.2 Å². The molecule has 2 aromatic rings. The summed E-state index contributed by atoms with van der Waals surface area (Å²) in [4.78, 5) is 33.2. The second-order valence-electron chi connectivity index (χ2n) is 11.4. The molecule has 0 saturated heterocycles. The van der Waals surface area contributed by atoms with Crippen molar-refractivity contribution in [1.82, 2.24) is 0 Å². The van der Waals surface area contributed by atoms with Crippen molar-refractivity contribution in [3.8, 4) is 0 Å². The number of benzene rings is 2. The first-order valence-corrected chi connectivity index (χ1v) is 16.3. The molecule has 2 saturated carbocycles. The van der Waals surface area contributed by atoms with E-state index >= 15 is 0 Å². The Bertz CT molecular complexity index is 1170. The number of aromatic carboxylic acids is 1. The molecule has 1 N–H and O–H groups in total. The molecule has 216 valence electrons. The van der Waals surface area contributed by atoms with Crippen molar-refractivity contribution in [2.75, 3.05) is 6.61 Å². The van der Waals surface area contributed by atoms with Crippen molar-refractivity contribution in [3.63, 3.8) is 0 Å². The average Bonchev–Trinajstić information content (AvgIpc) is 3.76. The van der Waals surface area contributed by atoms with Gasteiger partial charge < -0.3 is 14.6 Å². The Hall–Kier alpha value is -1.09. The minimum Gasteiger partial charge on any atom is -0.859 e. The third-order valence-corrected chi connectivity index (χ3v) is 6.66. The fraction of sp³-hybridized carbons (Fsp3) is 0.517. The summed E-state index contributed by atoms with van der Waals surface area (Å²) in [7, 11) is -1.86. The van der Waals surface area contributed by atoms with Gasteiger partial charge in [-0.1, -0.05) is 78.2 Å². The van der Waals surface area contributed by atoms with E-state index in [2.05, 4.69) is 0 Å². The summed E-state index contributed by atoms with van der Waals surface area (Å²) in [5.74, 6) is -1.91. The van der Waals surface area contributed by atoms with Crippen molar-refractivity contribution >= 4 is 20.3 Å². The van der Waals surface area contributed by atoms with Crippen LogP contribution < -0.4 is 56.2 Å².